The third kappa shape index (κ3) is 4.09. The Labute approximate surface area is 172 Å². The zero-order valence-electron chi connectivity index (χ0n) is 15.6. The molecule has 0 aliphatic heterocycles. The molecule has 0 atom stereocenters. The number of aryl methyl sites for hydroxylation is 1. The fourth-order valence-electron chi connectivity index (χ4n) is 2.78. The minimum absolute atomic E-state index is 0.227. The molecule has 0 fully saturated rings. The maximum atomic E-state index is 14.0. The van der Waals surface area contributed by atoms with Gasteiger partial charge in [-0.1, -0.05) is 11.6 Å². The fraction of sp³-hybridized carbons (Fsp3) is 0.158. The lowest BCUT2D eigenvalue weighted by atomic mass is 10.1. The van der Waals surface area contributed by atoms with Gasteiger partial charge in [0.2, 0.25) is 5.82 Å². The lowest BCUT2D eigenvalue weighted by molar-refractivity contribution is 0.262. The first-order chi connectivity index (χ1) is 14.1. The molecule has 0 spiro atoms. The first kappa shape index (κ1) is 21.6. The number of rotatable bonds is 4. The predicted octanol–water partition coefficient (Wildman–Crippen LogP) is 5.54. The van der Waals surface area contributed by atoms with Gasteiger partial charge in [0.25, 0.3) is 0 Å². The van der Waals surface area contributed by atoms with E-state index in [1.807, 2.05) is 0 Å². The van der Waals surface area contributed by atoms with Crippen LogP contribution in [-0.2, 0) is 6.54 Å². The monoisotopic (exact) mass is 444 g/mol. The first-order valence-electron chi connectivity index (χ1n) is 8.48. The summed E-state index contributed by atoms with van der Waals surface area (Å²) in [6, 6.07) is 5.69. The van der Waals surface area contributed by atoms with E-state index < -0.39 is 47.2 Å². The van der Waals surface area contributed by atoms with Crippen LogP contribution in [0.15, 0.2) is 24.3 Å². The Hall–Kier alpha value is -3.14. The van der Waals surface area contributed by atoms with Gasteiger partial charge >= 0.3 is 6.03 Å². The summed E-state index contributed by atoms with van der Waals surface area (Å²) >= 11 is 5.78. The van der Waals surface area contributed by atoms with Crippen LogP contribution in [0.25, 0.3) is 0 Å². The van der Waals surface area contributed by atoms with Crippen LogP contribution < -0.4 is 10.6 Å². The number of halogens is 6. The van der Waals surface area contributed by atoms with Gasteiger partial charge in [0, 0.05) is 10.7 Å². The van der Waals surface area contributed by atoms with E-state index in [0.29, 0.717) is 10.7 Å². The average molecular weight is 445 g/mol. The van der Waals surface area contributed by atoms with Crippen molar-refractivity contribution in [3.05, 3.63) is 75.3 Å². The summed E-state index contributed by atoms with van der Waals surface area (Å²) in [5.41, 5.74) is 0.186. The third-order valence-corrected chi connectivity index (χ3v) is 4.58. The Balaban J connectivity index is 1.84. The van der Waals surface area contributed by atoms with Crippen molar-refractivity contribution >= 4 is 29.0 Å². The Morgan fingerprint density at radius 2 is 1.47 bits per heavy atom. The Bertz CT molecular complexity index is 1100. The molecule has 2 N–H and O–H groups in total. The van der Waals surface area contributed by atoms with Gasteiger partial charge < -0.3 is 10.6 Å². The molecular formula is C19H14ClF5N4O. The number of hydrogen-bond acceptors (Lipinski definition) is 2. The van der Waals surface area contributed by atoms with Gasteiger partial charge in [0.15, 0.2) is 23.3 Å². The Morgan fingerprint density at radius 1 is 0.933 bits per heavy atom. The maximum absolute atomic E-state index is 14.0. The molecule has 0 bridgehead atoms. The van der Waals surface area contributed by atoms with Gasteiger partial charge in [0.1, 0.15) is 0 Å². The van der Waals surface area contributed by atoms with Crippen molar-refractivity contribution in [2.75, 3.05) is 10.6 Å². The van der Waals surface area contributed by atoms with Crippen LogP contribution in [-0.4, -0.2) is 15.8 Å². The number of carbonyl (C=O) groups excluding carboxylic acids is 1. The van der Waals surface area contributed by atoms with E-state index in [9.17, 15) is 26.7 Å². The number of benzene rings is 2. The second-order valence-electron chi connectivity index (χ2n) is 6.34. The molecular weight excluding hydrogens is 431 g/mol. The minimum Gasteiger partial charge on any atom is -0.308 e. The van der Waals surface area contributed by atoms with E-state index in [4.69, 9.17) is 11.6 Å². The van der Waals surface area contributed by atoms with Crippen LogP contribution in [0.3, 0.4) is 0 Å². The maximum Gasteiger partial charge on any atom is 0.323 e. The molecule has 5 nitrogen and oxygen atoms in total. The zero-order valence-corrected chi connectivity index (χ0v) is 16.3. The van der Waals surface area contributed by atoms with Crippen molar-refractivity contribution in [1.29, 1.82) is 0 Å². The molecule has 0 radical (unpaired) electrons. The molecule has 1 aromatic heterocycles. The Morgan fingerprint density at radius 3 is 2.03 bits per heavy atom. The van der Waals surface area contributed by atoms with E-state index in [2.05, 4.69) is 15.7 Å². The molecule has 3 aromatic rings. The number of nitrogens with zero attached hydrogens (tertiary/aromatic N) is 2. The SMILES string of the molecule is Cc1nn(Cc2c(F)c(F)c(F)c(F)c2F)c(C)c1NC(=O)Nc1ccc(Cl)cc1. The smallest absolute Gasteiger partial charge is 0.308 e. The van der Waals surface area contributed by atoms with E-state index >= 15 is 0 Å². The van der Waals surface area contributed by atoms with Crippen molar-refractivity contribution < 1.29 is 26.7 Å². The molecule has 0 saturated heterocycles. The number of nitrogens with one attached hydrogen (secondary N) is 2. The number of aromatic nitrogens is 2. The van der Waals surface area contributed by atoms with Gasteiger partial charge in [-0.25, -0.2) is 26.7 Å². The van der Waals surface area contributed by atoms with Gasteiger partial charge in [-0.15, -0.1) is 0 Å². The summed E-state index contributed by atoms with van der Waals surface area (Å²) in [5, 5.41) is 9.62. The number of hydrogen-bond donors (Lipinski definition) is 2. The molecule has 158 valence electrons. The van der Waals surface area contributed by atoms with E-state index in [1.54, 1.807) is 24.3 Å². The van der Waals surface area contributed by atoms with Gasteiger partial charge in [0.05, 0.1) is 29.2 Å². The van der Waals surface area contributed by atoms with Crippen LogP contribution >= 0.6 is 11.6 Å². The summed E-state index contributed by atoms with van der Waals surface area (Å²) in [7, 11) is 0. The minimum atomic E-state index is -2.23. The van der Waals surface area contributed by atoms with Gasteiger partial charge in [-0.05, 0) is 38.1 Å². The number of urea groups is 1. The number of carbonyl (C=O) groups is 1. The highest BCUT2D eigenvalue weighted by Gasteiger charge is 2.27. The molecule has 2 amide bonds. The quantitative estimate of drug-likeness (QED) is 0.315. The highest BCUT2D eigenvalue weighted by Crippen LogP contribution is 2.26. The van der Waals surface area contributed by atoms with Gasteiger partial charge in [-0.2, -0.15) is 5.10 Å². The van der Waals surface area contributed by atoms with Crippen molar-refractivity contribution in [1.82, 2.24) is 9.78 Å². The van der Waals surface area contributed by atoms with Crippen molar-refractivity contribution in [2.24, 2.45) is 0 Å². The standard InChI is InChI=1S/C19H14ClF5N4O/c1-8-18(27-19(30)26-11-5-3-10(20)4-6-11)9(2)29(28-8)7-12-13(21)15(23)17(25)16(24)14(12)22/h3-6H,7H2,1-2H3,(H2,26,27,30). The molecule has 3 rings (SSSR count). The Kier molecular flexibility index (Phi) is 5.97. The fourth-order valence-corrected chi connectivity index (χ4v) is 2.91. The summed E-state index contributed by atoms with van der Waals surface area (Å²) in [5.74, 6) is -10.2. The summed E-state index contributed by atoms with van der Waals surface area (Å²) in [6.07, 6.45) is 0. The highest BCUT2D eigenvalue weighted by molar-refractivity contribution is 6.30. The average Bonchev–Trinajstić information content (AvgIpc) is 2.97. The molecule has 2 aromatic carbocycles. The van der Waals surface area contributed by atoms with Crippen LogP contribution in [0.1, 0.15) is 17.0 Å². The lowest BCUT2D eigenvalue weighted by Gasteiger charge is -2.11. The van der Waals surface area contributed by atoms with Crippen molar-refractivity contribution in [2.45, 2.75) is 20.4 Å². The van der Waals surface area contributed by atoms with Gasteiger partial charge in [-0.3, -0.25) is 4.68 Å². The van der Waals surface area contributed by atoms with E-state index in [1.165, 1.54) is 13.8 Å². The highest BCUT2D eigenvalue weighted by atomic mass is 35.5. The molecule has 1 heterocycles. The number of amides is 2. The van der Waals surface area contributed by atoms with Crippen LogP contribution in [0, 0.1) is 42.9 Å². The third-order valence-electron chi connectivity index (χ3n) is 4.33. The first-order valence-corrected chi connectivity index (χ1v) is 8.85. The summed E-state index contributed by atoms with van der Waals surface area (Å²) in [6.45, 7) is 2.27. The second-order valence-corrected chi connectivity index (χ2v) is 6.77. The molecule has 0 unspecified atom stereocenters. The van der Waals surface area contributed by atoms with Crippen molar-refractivity contribution in [3.63, 3.8) is 0 Å². The molecule has 0 aliphatic carbocycles. The summed E-state index contributed by atoms with van der Waals surface area (Å²) in [4.78, 5) is 12.2. The number of anilines is 2. The molecule has 0 saturated carbocycles. The van der Waals surface area contributed by atoms with Crippen LogP contribution in [0.2, 0.25) is 5.02 Å². The molecule has 0 aliphatic rings. The molecule has 30 heavy (non-hydrogen) atoms. The molecule has 11 heteroatoms. The summed E-state index contributed by atoms with van der Waals surface area (Å²) < 4.78 is 69.0. The predicted molar refractivity (Wildman–Crippen MR) is 101 cm³/mol. The lowest BCUT2D eigenvalue weighted by Crippen LogP contribution is -2.20. The van der Waals surface area contributed by atoms with E-state index in [0.717, 1.165) is 4.68 Å². The van der Waals surface area contributed by atoms with Crippen molar-refractivity contribution in [3.8, 4) is 0 Å². The largest absolute Gasteiger partial charge is 0.323 e. The normalized spacial score (nSPS) is 10.9. The van der Waals surface area contributed by atoms with Crippen LogP contribution in [0.4, 0.5) is 38.1 Å². The topological polar surface area (TPSA) is 59.0 Å². The zero-order chi connectivity index (χ0) is 22.2. The second kappa shape index (κ2) is 8.31. The van der Waals surface area contributed by atoms with Crippen LogP contribution in [0.5, 0.6) is 0 Å². The van der Waals surface area contributed by atoms with E-state index in [-0.39, 0.29) is 17.1 Å².